The van der Waals surface area contributed by atoms with Gasteiger partial charge in [0.05, 0.1) is 0 Å². The van der Waals surface area contributed by atoms with Gasteiger partial charge in [-0.05, 0) is 16.7 Å². The van der Waals surface area contributed by atoms with Crippen molar-refractivity contribution in [3.63, 3.8) is 0 Å². The second-order valence-electron chi connectivity index (χ2n) is 4.46. The van der Waals surface area contributed by atoms with Gasteiger partial charge >= 0.3 is 0 Å². The monoisotopic (exact) mass is 258 g/mol. The molecule has 0 fully saturated rings. The molecule has 0 aliphatic heterocycles. The molecule has 3 nitrogen and oxygen atoms in total. The molecule has 100 valence electrons. The summed E-state index contributed by atoms with van der Waals surface area (Å²) in [5.41, 5.74) is 3.25. The maximum absolute atomic E-state index is 9.68. The molecule has 0 spiro atoms. The maximum Gasteiger partial charge on any atom is 0.180 e. The molecule has 2 rings (SSSR count). The van der Waals surface area contributed by atoms with Crippen LogP contribution in [0.5, 0.6) is 0 Å². The maximum atomic E-state index is 9.68. The Kier molecular flexibility index (Phi) is 4.68. The van der Waals surface area contributed by atoms with Crippen LogP contribution in [0.15, 0.2) is 54.6 Å². The molecule has 0 saturated heterocycles. The lowest BCUT2D eigenvalue weighted by molar-refractivity contribution is -0.143. The zero-order valence-electron chi connectivity index (χ0n) is 10.9. The Labute approximate surface area is 113 Å². The summed E-state index contributed by atoms with van der Waals surface area (Å²) in [5, 5.41) is 19.0. The van der Waals surface area contributed by atoms with E-state index in [-0.39, 0.29) is 0 Å². The number of ether oxygens (including phenoxy) is 1. The van der Waals surface area contributed by atoms with Crippen LogP contribution in [0, 0.1) is 0 Å². The number of aliphatic hydroxyl groups excluding tert-OH is 2. The largest absolute Gasteiger partial charge is 0.387 e. The van der Waals surface area contributed by atoms with Crippen LogP contribution in [0.3, 0.4) is 0 Å². The number of hydrogen-bond acceptors (Lipinski definition) is 3. The fraction of sp³-hybridized carbons (Fsp3) is 0.250. The molecule has 0 amide bonds. The van der Waals surface area contributed by atoms with E-state index in [9.17, 15) is 10.2 Å². The van der Waals surface area contributed by atoms with E-state index < -0.39 is 12.4 Å². The van der Waals surface area contributed by atoms with E-state index in [1.54, 1.807) is 0 Å². The van der Waals surface area contributed by atoms with E-state index in [1.807, 2.05) is 42.5 Å². The molecule has 0 bridgehead atoms. The average molecular weight is 258 g/mol. The minimum absolute atomic E-state index is 0.365. The van der Waals surface area contributed by atoms with Gasteiger partial charge in [0.25, 0.3) is 0 Å². The van der Waals surface area contributed by atoms with Crippen molar-refractivity contribution in [2.45, 2.75) is 18.8 Å². The topological polar surface area (TPSA) is 49.7 Å². The first-order valence-electron chi connectivity index (χ1n) is 6.24. The van der Waals surface area contributed by atoms with Crippen molar-refractivity contribution in [3.8, 4) is 11.1 Å². The second-order valence-corrected chi connectivity index (χ2v) is 4.46. The molecule has 2 aromatic rings. The Balaban J connectivity index is 2.07. The van der Waals surface area contributed by atoms with Crippen molar-refractivity contribution < 1.29 is 14.9 Å². The number of aliphatic hydroxyl groups is 2. The van der Waals surface area contributed by atoms with Crippen LogP contribution in [-0.2, 0) is 11.2 Å². The molecule has 2 atom stereocenters. The van der Waals surface area contributed by atoms with Crippen molar-refractivity contribution in [3.05, 3.63) is 60.2 Å². The van der Waals surface area contributed by atoms with E-state index in [2.05, 4.69) is 16.9 Å². The van der Waals surface area contributed by atoms with Gasteiger partial charge in [-0.2, -0.15) is 0 Å². The zero-order chi connectivity index (χ0) is 13.7. The minimum Gasteiger partial charge on any atom is -0.387 e. The van der Waals surface area contributed by atoms with E-state index in [4.69, 9.17) is 0 Å². The summed E-state index contributed by atoms with van der Waals surface area (Å²) in [6, 6.07) is 18.0. The highest BCUT2D eigenvalue weighted by Crippen LogP contribution is 2.19. The minimum atomic E-state index is -1.14. The summed E-state index contributed by atoms with van der Waals surface area (Å²) in [6.45, 7) is 0. The Morgan fingerprint density at radius 3 is 2.05 bits per heavy atom. The molecule has 3 heteroatoms. The van der Waals surface area contributed by atoms with Gasteiger partial charge in [0.1, 0.15) is 6.10 Å². The SMILES string of the molecule is COC(O)C(O)Cc1ccc(-c2ccccc2)cc1. The second kappa shape index (κ2) is 6.48. The van der Waals surface area contributed by atoms with Gasteiger partial charge in [0.2, 0.25) is 0 Å². The van der Waals surface area contributed by atoms with E-state index >= 15 is 0 Å². The predicted octanol–water partition coefficient (Wildman–Crippen LogP) is 2.22. The zero-order valence-corrected chi connectivity index (χ0v) is 10.9. The first-order valence-corrected chi connectivity index (χ1v) is 6.24. The molecule has 2 unspecified atom stereocenters. The van der Waals surface area contributed by atoms with Crippen LogP contribution >= 0.6 is 0 Å². The van der Waals surface area contributed by atoms with Crippen molar-refractivity contribution in [2.75, 3.05) is 7.11 Å². The lowest BCUT2D eigenvalue weighted by Crippen LogP contribution is -2.29. The quantitative estimate of drug-likeness (QED) is 0.808. The standard InChI is InChI=1S/C16H18O3/c1-19-16(18)15(17)11-12-7-9-14(10-8-12)13-5-3-2-4-6-13/h2-10,15-18H,11H2,1H3. The Bertz CT molecular complexity index is 493. The number of benzene rings is 2. The van der Waals surface area contributed by atoms with Crippen molar-refractivity contribution >= 4 is 0 Å². The lowest BCUT2D eigenvalue weighted by Gasteiger charge is -2.16. The molecule has 0 radical (unpaired) electrons. The highest BCUT2D eigenvalue weighted by atomic mass is 16.6. The fourth-order valence-electron chi connectivity index (χ4n) is 1.96. The summed E-state index contributed by atoms with van der Waals surface area (Å²) in [4.78, 5) is 0. The van der Waals surface area contributed by atoms with Crippen LogP contribution in [0.25, 0.3) is 11.1 Å². The van der Waals surface area contributed by atoms with Gasteiger partial charge in [-0.15, -0.1) is 0 Å². The predicted molar refractivity (Wildman–Crippen MR) is 74.6 cm³/mol. The average Bonchev–Trinajstić information content (AvgIpc) is 2.48. The molecule has 0 aliphatic rings. The van der Waals surface area contributed by atoms with E-state index in [1.165, 1.54) is 7.11 Å². The fourth-order valence-corrected chi connectivity index (χ4v) is 1.96. The molecular formula is C16H18O3. The molecule has 0 saturated carbocycles. The van der Waals surface area contributed by atoms with Gasteiger partial charge in [-0.25, -0.2) is 0 Å². The van der Waals surface area contributed by atoms with Gasteiger partial charge < -0.3 is 14.9 Å². The third-order valence-corrected chi connectivity index (χ3v) is 3.08. The summed E-state index contributed by atoms with van der Waals surface area (Å²) in [6.07, 6.45) is -1.69. The van der Waals surface area contributed by atoms with Crippen LogP contribution in [0.4, 0.5) is 0 Å². The van der Waals surface area contributed by atoms with Crippen LogP contribution in [-0.4, -0.2) is 29.7 Å². The third kappa shape index (κ3) is 3.64. The summed E-state index contributed by atoms with van der Waals surface area (Å²) < 4.78 is 4.68. The summed E-state index contributed by atoms with van der Waals surface area (Å²) >= 11 is 0. The molecule has 2 aromatic carbocycles. The van der Waals surface area contributed by atoms with Gasteiger partial charge in [0, 0.05) is 13.5 Å². The summed E-state index contributed by atoms with van der Waals surface area (Å²) in [5.74, 6) is 0. The molecule has 19 heavy (non-hydrogen) atoms. The lowest BCUT2D eigenvalue weighted by atomic mass is 10.0. The number of hydrogen-bond donors (Lipinski definition) is 2. The first kappa shape index (κ1) is 13.7. The highest BCUT2D eigenvalue weighted by Gasteiger charge is 2.15. The van der Waals surface area contributed by atoms with E-state index in [0.29, 0.717) is 6.42 Å². The van der Waals surface area contributed by atoms with Crippen LogP contribution in [0.2, 0.25) is 0 Å². The third-order valence-electron chi connectivity index (χ3n) is 3.08. The van der Waals surface area contributed by atoms with Crippen molar-refractivity contribution in [2.24, 2.45) is 0 Å². The first-order chi connectivity index (χ1) is 9.20. The van der Waals surface area contributed by atoms with Gasteiger partial charge in [0.15, 0.2) is 6.29 Å². The van der Waals surface area contributed by atoms with Gasteiger partial charge in [-0.3, -0.25) is 0 Å². The van der Waals surface area contributed by atoms with Crippen LogP contribution < -0.4 is 0 Å². The Morgan fingerprint density at radius 1 is 0.895 bits per heavy atom. The van der Waals surface area contributed by atoms with E-state index in [0.717, 1.165) is 16.7 Å². The highest BCUT2D eigenvalue weighted by molar-refractivity contribution is 5.63. The Morgan fingerprint density at radius 2 is 1.47 bits per heavy atom. The summed E-state index contributed by atoms with van der Waals surface area (Å²) in [7, 11) is 1.37. The van der Waals surface area contributed by atoms with Crippen LogP contribution in [0.1, 0.15) is 5.56 Å². The van der Waals surface area contributed by atoms with Crippen molar-refractivity contribution in [1.82, 2.24) is 0 Å². The normalized spacial score (nSPS) is 14.1. The van der Waals surface area contributed by atoms with Gasteiger partial charge in [-0.1, -0.05) is 54.6 Å². The molecule has 0 heterocycles. The Hall–Kier alpha value is -1.68. The molecule has 0 aliphatic carbocycles. The molecule has 0 aromatic heterocycles. The number of rotatable bonds is 5. The molecule has 2 N–H and O–H groups in total. The van der Waals surface area contributed by atoms with Crippen molar-refractivity contribution in [1.29, 1.82) is 0 Å². The molecular weight excluding hydrogens is 240 g/mol. The number of methoxy groups -OCH3 is 1. The smallest absolute Gasteiger partial charge is 0.180 e.